The van der Waals surface area contributed by atoms with Gasteiger partial charge in [0, 0.05) is 30.8 Å². The molecule has 2 aromatic rings. The molecule has 2 aromatic heterocycles. The lowest BCUT2D eigenvalue weighted by molar-refractivity contribution is -0.135. The highest BCUT2D eigenvalue weighted by Crippen LogP contribution is 2.33. The zero-order chi connectivity index (χ0) is 16.5. The summed E-state index contributed by atoms with van der Waals surface area (Å²) < 4.78 is 5.26. The van der Waals surface area contributed by atoms with Gasteiger partial charge in [-0.1, -0.05) is 0 Å². The van der Waals surface area contributed by atoms with E-state index in [1.807, 2.05) is 4.90 Å². The first-order chi connectivity index (χ1) is 11.7. The standard InChI is InChI=1S/C17H21N3O3S/c21-14(20-7-9-23-10-8-20)6-5-13-18-16(22)15-11-3-1-2-4-12(11)24-17(15)19-13/h1-10H2,(H,18,19,22). The van der Waals surface area contributed by atoms with Gasteiger partial charge >= 0.3 is 0 Å². The molecule has 1 saturated heterocycles. The van der Waals surface area contributed by atoms with Gasteiger partial charge in [0.25, 0.3) is 5.56 Å². The molecule has 0 radical (unpaired) electrons. The summed E-state index contributed by atoms with van der Waals surface area (Å²) in [5.41, 5.74) is 1.15. The van der Waals surface area contributed by atoms with E-state index in [4.69, 9.17) is 4.74 Å². The third-order valence-corrected chi connectivity index (χ3v) is 6.00. The van der Waals surface area contributed by atoms with E-state index in [0.717, 1.165) is 29.5 Å². The molecule has 6 nitrogen and oxygen atoms in total. The number of fused-ring (bicyclic) bond motifs is 3. The van der Waals surface area contributed by atoms with Gasteiger partial charge < -0.3 is 14.6 Å². The molecule has 3 heterocycles. The lowest BCUT2D eigenvalue weighted by Gasteiger charge is -2.26. The number of H-pyrrole nitrogens is 1. The quantitative estimate of drug-likeness (QED) is 0.916. The summed E-state index contributed by atoms with van der Waals surface area (Å²) in [6.45, 7) is 2.51. The Hall–Kier alpha value is -1.73. The van der Waals surface area contributed by atoms with E-state index in [9.17, 15) is 9.59 Å². The van der Waals surface area contributed by atoms with Gasteiger partial charge in [-0.2, -0.15) is 0 Å². The van der Waals surface area contributed by atoms with E-state index in [0.29, 0.717) is 45.0 Å². The fourth-order valence-corrected chi connectivity index (χ4v) is 4.80. The van der Waals surface area contributed by atoms with E-state index in [1.165, 1.54) is 16.9 Å². The minimum atomic E-state index is -0.0479. The third kappa shape index (κ3) is 2.98. The first-order valence-electron chi connectivity index (χ1n) is 8.61. The molecule has 4 rings (SSSR count). The molecule has 7 heteroatoms. The Balaban J connectivity index is 1.52. The summed E-state index contributed by atoms with van der Waals surface area (Å²) in [6.07, 6.45) is 5.23. The molecule has 1 aliphatic heterocycles. The van der Waals surface area contributed by atoms with Crippen molar-refractivity contribution in [3.63, 3.8) is 0 Å². The summed E-state index contributed by atoms with van der Waals surface area (Å²) in [5, 5.41) is 0.776. The van der Waals surface area contributed by atoms with Crippen LogP contribution in [0.3, 0.4) is 0 Å². The second kappa shape index (κ2) is 6.64. The van der Waals surface area contributed by atoms with Gasteiger partial charge in [0.05, 0.1) is 18.6 Å². The highest BCUT2D eigenvalue weighted by Gasteiger charge is 2.21. The average molecular weight is 347 g/mol. The molecule has 1 aliphatic carbocycles. The number of ether oxygens (including phenoxy) is 1. The maximum Gasteiger partial charge on any atom is 0.259 e. The molecular formula is C17H21N3O3S. The van der Waals surface area contributed by atoms with Crippen LogP contribution in [0, 0.1) is 0 Å². The van der Waals surface area contributed by atoms with Crippen molar-refractivity contribution in [2.75, 3.05) is 26.3 Å². The number of hydrogen-bond donors (Lipinski definition) is 1. The van der Waals surface area contributed by atoms with Crippen LogP contribution in [0.4, 0.5) is 0 Å². The monoisotopic (exact) mass is 347 g/mol. The van der Waals surface area contributed by atoms with Crippen molar-refractivity contribution in [2.24, 2.45) is 0 Å². The van der Waals surface area contributed by atoms with Gasteiger partial charge in [0.2, 0.25) is 5.91 Å². The topological polar surface area (TPSA) is 75.3 Å². The molecule has 1 amide bonds. The van der Waals surface area contributed by atoms with Gasteiger partial charge in [-0.05, 0) is 31.2 Å². The van der Waals surface area contributed by atoms with Gasteiger partial charge in [0.1, 0.15) is 10.7 Å². The van der Waals surface area contributed by atoms with Gasteiger partial charge in [0.15, 0.2) is 0 Å². The van der Waals surface area contributed by atoms with Crippen LogP contribution in [0.1, 0.15) is 35.5 Å². The number of nitrogens with one attached hydrogen (secondary N) is 1. The highest BCUT2D eigenvalue weighted by molar-refractivity contribution is 7.18. The Morgan fingerprint density at radius 1 is 1.25 bits per heavy atom. The Kier molecular flexibility index (Phi) is 4.37. The number of carbonyl (C=O) groups excluding carboxylic acids is 1. The Bertz CT molecular complexity index is 820. The fourth-order valence-electron chi connectivity index (χ4n) is 3.52. The van der Waals surface area contributed by atoms with E-state index in [2.05, 4.69) is 9.97 Å². The second-order valence-electron chi connectivity index (χ2n) is 6.40. The molecule has 1 N–H and O–H groups in total. The average Bonchev–Trinajstić information content (AvgIpc) is 2.99. The predicted octanol–water partition coefficient (Wildman–Crippen LogP) is 1.65. The highest BCUT2D eigenvalue weighted by atomic mass is 32.1. The number of aromatic nitrogens is 2. The molecule has 0 bridgehead atoms. The van der Waals surface area contributed by atoms with Crippen LogP contribution in [-0.2, 0) is 28.8 Å². The van der Waals surface area contributed by atoms with Crippen LogP contribution in [-0.4, -0.2) is 47.1 Å². The van der Waals surface area contributed by atoms with Crippen LogP contribution in [0.5, 0.6) is 0 Å². The Morgan fingerprint density at radius 2 is 2.04 bits per heavy atom. The van der Waals surface area contributed by atoms with Crippen molar-refractivity contribution in [2.45, 2.75) is 38.5 Å². The maximum absolute atomic E-state index is 12.5. The molecule has 0 atom stereocenters. The molecule has 0 spiro atoms. The number of aryl methyl sites for hydroxylation is 3. The number of aromatic amines is 1. The van der Waals surface area contributed by atoms with E-state index < -0.39 is 0 Å². The Labute approximate surface area is 143 Å². The van der Waals surface area contributed by atoms with E-state index >= 15 is 0 Å². The van der Waals surface area contributed by atoms with Crippen LogP contribution in [0.15, 0.2) is 4.79 Å². The lowest BCUT2D eigenvalue weighted by Crippen LogP contribution is -2.40. The fraction of sp³-hybridized carbons (Fsp3) is 0.588. The van der Waals surface area contributed by atoms with Crippen molar-refractivity contribution in [1.29, 1.82) is 0 Å². The lowest BCUT2D eigenvalue weighted by atomic mass is 9.97. The number of rotatable bonds is 3. The largest absolute Gasteiger partial charge is 0.378 e. The number of nitrogens with zero attached hydrogens (tertiary/aromatic N) is 2. The molecule has 128 valence electrons. The number of hydrogen-bond acceptors (Lipinski definition) is 5. The smallest absolute Gasteiger partial charge is 0.259 e. The molecular weight excluding hydrogens is 326 g/mol. The Morgan fingerprint density at radius 3 is 2.88 bits per heavy atom. The van der Waals surface area contributed by atoms with Crippen molar-refractivity contribution in [1.82, 2.24) is 14.9 Å². The van der Waals surface area contributed by atoms with Crippen LogP contribution < -0.4 is 5.56 Å². The first-order valence-corrected chi connectivity index (χ1v) is 9.43. The third-order valence-electron chi connectivity index (χ3n) is 4.81. The zero-order valence-corrected chi connectivity index (χ0v) is 14.4. The van der Waals surface area contributed by atoms with Crippen molar-refractivity contribution < 1.29 is 9.53 Å². The maximum atomic E-state index is 12.5. The van der Waals surface area contributed by atoms with Crippen molar-refractivity contribution in [3.05, 3.63) is 26.6 Å². The number of amides is 1. The molecule has 2 aliphatic rings. The second-order valence-corrected chi connectivity index (χ2v) is 7.48. The van der Waals surface area contributed by atoms with Crippen LogP contribution in [0.2, 0.25) is 0 Å². The van der Waals surface area contributed by atoms with Crippen molar-refractivity contribution in [3.8, 4) is 0 Å². The molecule has 24 heavy (non-hydrogen) atoms. The van der Waals surface area contributed by atoms with E-state index in [-0.39, 0.29) is 11.5 Å². The summed E-state index contributed by atoms with van der Waals surface area (Å²) in [4.78, 5) is 36.2. The minimum absolute atomic E-state index is 0.0479. The predicted molar refractivity (Wildman–Crippen MR) is 92.6 cm³/mol. The van der Waals surface area contributed by atoms with Crippen LogP contribution >= 0.6 is 11.3 Å². The van der Waals surface area contributed by atoms with Gasteiger partial charge in [-0.15, -0.1) is 11.3 Å². The van der Waals surface area contributed by atoms with Gasteiger partial charge in [-0.25, -0.2) is 4.98 Å². The summed E-state index contributed by atoms with van der Waals surface area (Å²) in [5.74, 6) is 0.722. The molecule has 0 saturated carbocycles. The zero-order valence-electron chi connectivity index (χ0n) is 13.6. The van der Waals surface area contributed by atoms with E-state index in [1.54, 1.807) is 11.3 Å². The number of carbonyl (C=O) groups is 1. The molecule has 0 aromatic carbocycles. The molecule has 1 fully saturated rings. The number of thiophene rings is 1. The van der Waals surface area contributed by atoms with Crippen molar-refractivity contribution >= 4 is 27.5 Å². The summed E-state index contributed by atoms with van der Waals surface area (Å²) in [7, 11) is 0. The SMILES string of the molecule is O=C(CCc1nc2sc3c(c2c(=O)[nH]1)CCCC3)N1CCOCC1. The summed E-state index contributed by atoms with van der Waals surface area (Å²) >= 11 is 1.65. The summed E-state index contributed by atoms with van der Waals surface area (Å²) in [6, 6.07) is 0. The van der Waals surface area contributed by atoms with Gasteiger partial charge in [-0.3, -0.25) is 9.59 Å². The molecule has 0 unspecified atom stereocenters. The van der Waals surface area contributed by atoms with Crippen LogP contribution in [0.25, 0.3) is 10.2 Å². The first kappa shape index (κ1) is 15.8. The number of morpholine rings is 1. The minimum Gasteiger partial charge on any atom is -0.378 e. The normalized spacial score (nSPS) is 17.9.